The van der Waals surface area contributed by atoms with Gasteiger partial charge in [-0.05, 0) is 29.8 Å². The number of H-pyrrole nitrogens is 1. The Morgan fingerprint density at radius 1 is 0.967 bits per heavy atom. The summed E-state index contributed by atoms with van der Waals surface area (Å²) in [5, 5.41) is 31.3. The summed E-state index contributed by atoms with van der Waals surface area (Å²) in [6.07, 6.45) is 1.82. The second-order valence-corrected chi connectivity index (χ2v) is 7.74. The summed E-state index contributed by atoms with van der Waals surface area (Å²) >= 11 is 1.29. The molecule has 0 saturated carbocycles. The number of carboxylic acids is 1. The molecule has 1 aromatic heterocycles. The van der Waals surface area contributed by atoms with Gasteiger partial charge in [0, 0.05) is 34.5 Å². The van der Waals surface area contributed by atoms with Gasteiger partial charge >= 0.3 is 5.97 Å². The number of aromatic amines is 1. The number of phenolic OH excluding ortho intramolecular Hbond substituents is 2. The molecule has 0 amide bonds. The maximum Gasteiger partial charge on any atom is 0.350 e. The largest absolute Gasteiger partial charge is 0.507 e. The van der Waals surface area contributed by atoms with E-state index in [1.54, 1.807) is 6.20 Å². The molecule has 4 N–H and O–H groups in total. The highest BCUT2D eigenvalue weighted by Gasteiger charge is 2.16. The van der Waals surface area contributed by atoms with Crippen LogP contribution in [-0.2, 0) is 11.2 Å². The summed E-state index contributed by atoms with van der Waals surface area (Å²) < 4.78 is 0. The molecule has 0 radical (unpaired) electrons. The molecule has 150 valence electrons. The number of nitrogens with one attached hydrogen (secondary N) is 1. The van der Waals surface area contributed by atoms with E-state index in [-0.39, 0.29) is 29.3 Å². The zero-order valence-corrected chi connectivity index (χ0v) is 16.6. The van der Waals surface area contributed by atoms with Gasteiger partial charge < -0.3 is 20.3 Å². The number of aromatic nitrogens is 1. The maximum absolute atomic E-state index is 11.8. The standard InChI is InChI=1S/C23H18N2O4S/c26-20-12-22(30-15-6-2-1-3-7-15)21(27)11-18(20)25-19(23(28)29)10-14-13-24-17-9-5-4-8-16(14)17/h1-9,11-13,24,26-27H,10H2,(H,28,29). The molecule has 0 fully saturated rings. The van der Waals surface area contributed by atoms with Crippen LogP contribution in [0.1, 0.15) is 5.56 Å². The number of carboxylic acid groups (broad SMARTS) is 1. The number of para-hydroxylation sites is 1. The van der Waals surface area contributed by atoms with E-state index in [9.17, 15) is 20.1 Å². The second kappa shape index (κ2) is 8.34. The van der Waals surface area contributed by atoms with Crippen molar-refractivity contribution in [2.75, 3.05) is 0 Å². The first-order valence-corrected chi connectivity index (χ1v) is 9.97. The third-order valence-electron chi connectivity index (χ3n) is 4.56. The fraction of sp³-hybridized carbons (Fsp3) is 0.0435. The van der Waals surface area contributed by atoms with Gasteiger partial charge in [0.1, 0.15) is 22.9 Å². The molecule has 0 aliphatic heterocycles. The van der Waals surface area contributed by atoms with Gasteiger partial charge in [-0.15, -0.1) is 0 Å². The van der Waals surface area contributed by atoms with E-state index in [1.165, 1.54) is 23.9 Å². The van der Waals surface area contributed by atoms with Gasteiger partial charge in [-0.3, -0.25) is 0 Å². The number of fused-ring (bicyclic) bond motifs is 1. The van der Waals surface area contributed by atoms with Crippen molar-refractivity contribution in [1.82, 2.24) is 4.98 Å². The van der Waals surface area contributed by atoms with Crippen LogP contribution in [0.3, 0.4) is 0 Å². The molecule has 3 aromatic carbocycles. The van der Waals surface area contributed by atoms with Crippen LogP contribution < -0.4 is 0 Å². The first-order chi connectivity index (χ1) is 14.5. The van der Waals surface area contributed by atoms with E-state index in [4.69, 9.17) is 0 Å². The maximum atomic E-state index is 11.8. The molecule has 0 bridgehead atoms. The van der Waals surface area contributed by atoms with Crippen molar-refractivity contribution >= 4 is 40.0 Å². The molecular formula is C23H18N2O4S. The first kappa shape index (κ1) is 19.6. The molecule has 1 heterocycles. The second-order valence-electron chi connectivity index (χ2n) is 6.62. The van der Waals surface area contributed by atoms with Gasteiger partial charge in [0.15, 0.2) is 0 Å². The summed E-state index contributed by atoms with van der Waals surface area (Å²) in [6.45, 7) is 0. The Labute approximate surface area is 176 Å². The molecule has 4 rings (SSSR count). The molecule has 0 spiro atoms. The lowest BCUT2D eigenvalue weighted by Crippen LogP contribution is -2.15. The molecule has 7 heteroatoms. The summed E-state index contributed by atoms with van der Waals surface area (Å²) in [7, 11) is 0. The topological polar surface area (TPSA) is 106 Å². The van der Waals surface area contributed by atoms with Crippen LogP contribution in [0.5, 0.6) is 11.5 Å². The third kappa shape index (κ3) is 4.16. The van der Waals surface area contributed by atoms with Gasteiger partial charge in [0.25, 0.3) is 0 Å². The Morgan fingerprint density at radius 2 is 1.70 bits per heavy atom. The van der Waals surface area contributed by atoms with E-state index < -0.39 is 5.97 Å². The lowest BCUT2D eigenvalue weighted by molar-refractivity contribution is -0.129. The molecule has 6 nitrogen and oxygen atoms in total. The summed E-state index contributed by atoms with van der Waals surface area (Å²) in [5.41, 5.74) is 1.55. The predicted molar refractivity (Wildman–Crippen MR) is 117 cm³/mol. The first-order valence-electron chi connectivity index (χ1n) is 9.16. The molecule has 30 heavy (non-hydrogen) atoms. The molecule has 0 aliphatic carbocycles. The Kier molecular flexibility index (Phi) is 5.45. The number of carbonyl (C=O) groups is 1. The smallest absolute Gasteiger partial charge is 0.350 e. The van der Waals surface area contributed by atoms with Crippen LogP contribution in [-0.4, -0.2) is 32.0 Å². The molecule has 0 unspecified atom stereocenters. The monoisotopic (exact) mass is 418 g/mol. The van der Waals surface area contributed by atoms with Crippen LogP contribution in [0.2, 0.25) is 0 Å². The van der Waals surface area contributed by atoms with Crippen molar-refractivity contribution in [3.05, 3.63) is 78.5 Å². The van der Waals surface area contributed by atoms with E-state index in [0.29, 0.717) is 4.90 Å². The van der Waals surface area contributed by atoms with Crippen LogP contribution in [0, 0.1) is 0 Å². The van der Waals surface area contributed by atoms with Crippen LogP contribution in [0.4, 0.5) is 5.69 Å². The van der Waals surface area contributed by atoms with Crippen molar-refractivity contribution < 1.29 is 20.1 Å². The average molecular weight is 418 g/mol. The lowest BCUT2D eigenvalue weighted by Gasteiger charge is -2.08. The summed E-state index contributed by atoms with van der Waals surface area (Å²) in [4.78, 5) is 20.4. The summed E-state index contributed by atoms with van der Waals surface area (Å²) in [6, 6.07) is 19.7. The number of benzene rings is 3. The predicted octanol–water partition coefficient (Wildman–Crippen LogP) is 5.13. The lowest BCUT2D eigenvalue weighted by atomic mass is 10.1. The van der Waals surface area contributed by atoms with Crippen molar-refractivity contribution in [3.8, 4) is 11.5 Å². The highest BCUT2D eigenvalue weighted by Crippen LogP contribution is 2.41. The van der Waals surface area contributed by atoms with Crippen molar-refractivity contribution in [1.29, 1.82) is 0 Å². The Hall–Kier alpha value is -3.71. The zero-order chi connectivity index (χ0) is 21.1. The number of aliphatic carboxylic acids is 1. The van der Waals surface area contributed by atoms with E-state index in [2.05, 4.69) is 9.98 Å². The van der Waals surface area contributed by atoms with Crippen molar-refractivity contribution in [2.24, 2.45) is 4.99 Å². The third-order valence-corrected chi connectivity index (χ3v) is 5.62. The van der Waals surface area contributed by atoms with E-state index in [0.717, 1.165) is 21.4 Å². The van der Waals surface area contributed by atoms with Gasteiger partial charge in [-0.2, -0.15) is 0 Å². The average Bonchev–Trinajstić information content (AvgIpc) is 3.14. The Bertz CT molecular complexity index is 1250. The Balaban J connectivity index is 1.65. The van der Waals surface area contributed by atoms with Crippen LogP contribution >= 0.6 is 11.8 Å². The number of hydrogen-bond donors (Lipinski definition) is 4. The Morgan fingerprint density at radius 3 is 2.47 bits per heavy atom. The van der Waals surface area contributed by atoms with Gasteiger partial charge in [0.2, 0.25) is 0 Å². The van der Waals surface area contributed by atoms with Crippen molar-refractivity contribution in [3.63, 3.8) is 0 Å². The summed E-state index contributed by atoms with van der Waals surface area (Å²) in [5.74, 6) is -1.48. The van der Waals surface area contributed by atoms with E-state index >= 15 is 0 Å². The van der Waals surface area contributed by atoms with Gasteiger partial charge in [-0.1, -0.05) is 48.2 Å². The van der Waals surface area contributed by atoms with Gasteiger partial charge in [-0.25, -0.2) is 9.79 Å². The number of aromatic hydroxyl groups is 2. The molecule has 0 saturated heterocycles. The highest BCUT2D eigenvalue weighted by atomic mass is 32.2. The fourth-order valence-corrected chi connectivity index (χ4v) is 3.98. The number of aliphatic imine (C=N–C) groups is 1. The van der Waals surface area contributed by atoms with Crippen LogP contribution in [0.15, 0.2) is 87.7 Å². The fourth-order valence-electron chi connectivity index (χ4n) is 3.10. The molecule has 4 aromatic rings. The van der Waals surface area contributed by atoms with E-state index in [1.807, 2.05) is 54.6 Å². The molecular weight excluding hydrogens is 400 g/mol. The van der Waals surface area contributed by atoms with Gasteiger partial charge in [0.05, 0.1) is 4.90 Å². The SMILES string of the molecule is O=C(O)C(Cc1c[nH]c2ccccc12)=Nc1cc(O)c(Sc2ccccc2)cc1O. The number of rotatable bonds is 6. The van der Waals surface area contributed by atoms with Crippen molar-refractivity contribution in [2.45, 2.75) is 16.2 Å². The highest BCUT2D eigenvalue weighted by molar-refractivity contribution is 7.99. The number of nitrogens with zero attached hydrogens (tertiary/aromatic N) is 1. The van der Waals surface area contributed by atoms with Crippen LogP contribution in [0.25, 0.3) is 10.9 Å². The zero-order valence-electron chi connectivity index (χ0n) is 15.7. The number of hydrogen-bond acceptors (Lipinski definition) is 5. The number of phenols is 2. The normalized spacial score (nSPS) is 11.7. The molecule has 0 atom stereocenters. The molecule has 0 aliphatic rings. The quantitative estimate of drug-likeness (QED) is 0.257. The minimum Gasteiger partial charge on any atom is -0.507 e. The minimum absolute atomic E-state index is 0.00199. The minimum atomic E-state index is -1.19.